The van der Waals surface area contributed by atoms with E-state index in [2.05, 4.69) is 0 Å². The molecule has 0 atom stereocenters. The van der Waals surface area contributed by atoms with Crippen molar-refractivity contribution in [2.45, 2.75) is 11.3 Å². The first-order valence-electron chi connectivity index (χ1n) is 7.91. The van der Waals surface area contributed by atoms with Gasteiger partial charge in [-0.2, -0.15) is 0 Å². The van der Waals surface area contributed by atoms with Crippen molar-refractivity contribution in [3.8, 4) is 11.5 Å². The van der Waals surface area contributed by atoms with Gasteiger partial charge in [-0.15, -0.1) is 0 Å². The zero-order valence-electron chi connectivity index (χ0n) is 15.1. The summed E-state index contributed by atoms with van der Waals surface area (Å²) in [7, 11) is -1.61. The molecule has 0 aliphatic heterocycles. The van der Waals surface area contributed by atoms with Crippen LogP contribution in [0.5, 0.6) is 11.5 Å². The number of aliphatic carboxylic acids is 1. The summed E-state index contributed by atoms with van der Waals surface area (Å²) in [5.41, 5.74) is -0.355. The molecule has 0 bridgehead atoms. The number of nitro benzene ring substituents is 1. The second-order valence-corrected chi connectivity index (χ2v) is 7.38. The van der Waals surface area contributed by atoms with Crippen molar-refractivity contribution in [1.82, 2.24) is 0 Å². The predicted octanol–water partition coefficient (Wildman–Crippen LogP) is 2.28. The number of non-ortho nitro benzene ring substituents is 1. The molecule has 0 saturated heterocycles. The molecular formula is C17H18N2O8S. The Morgan fingerprint density at radius 1 is 1.18 bits per heavy atom. The maximum atomic E-state index is 13.2. The van der Waals surface area contributed by atoms with E-state index in [1.807, 2.05) is 0 Å². The van der Waals surface area contributed by atoms with E-state index in [0.29, 0.717) is 5.75 Å². The largest absolute Gasteiger partial charge is 0.497 e. The van der Waals surface area contributed by atoms with Gasteiger partial charge < -0.3 is 14.6 Å². The first-order chi connectivity index (χ1) is 13.2. The van der Waals surface area contributed by atoms with Crippen molar-refractivity contribution >= 4 is 27.4 Å². The summed E-state index contributed by atoms with van der Waals surface area (Å²) in [5.74, 6) is -0.716. The SMILES string of the molecule is COc1ccc(OC)c(N(CCC(=O)O)S(=O)(=O)c2cccc([N+](=O)[O-])c2)c1. The molecule has 0 amide bonds. The standard InChI is InChI=1S/C17H18N2O8S/c1-26-13-6-7-16(27-2)15(11-13)18(9-8-17(20)21)28(24,25)14-5-3-4-12(10-14)19(22)23/h3-7,10-11H,8-9H2,1-2H3,(H,20,21). The monoisotopic (exact) mass is 410 g/mol. The highest BCUT2D eigenvalue weighted by molar-refractivity contribution is 7.92. The lowest BCUT2D eigenvalue weighted by Crippen LogP contribution is -2.33. The Morgan fingerprint density at radius 3 is 2.46 bits per heavy atom. The third-order valence-corrected chi connectivity index (χ3v) is 5.61. The van der Waals surface area contributed by atoms with E-state index in [1.54, 1.807) is 6.07 Å². The van der Waals surface area contributed by atoms with E-state index >= 15 is 0 Å². The first-order valence-corrected chi connectivity index (χ1v) is 9.35. The van der Waals surface area contributed by atoms with Crippen LogP contribution in [0.2, 0.25) is 0 Å². The number of carboxylic acid groups (broad SMARTS) is 1. The summed E-state index contributed by atoms with van der Waals surface area (Å²) in [6, 6.07) is 8.92. The van der Waals surface area contributed by atoms with Gasteiger partial charge >= 0.3 is 5.97 Å². The number of carbonyl (C=O) groups is 1. The number of nitro groups is 1. The van der Waals surface area contributed by atoms with Crippen molar-refractivity contribution in [2.24, 2.45) is 0 Å². The van der Waals surface area contributed by atoms with Crippen LogP contribution < -0.4 is 13.8 Å². The van der Waals surface area contributed by atoms with Crippen molar-refractivity contribution in [1.29, 1.82) is 0 Å². The highest BCUT2D eigenvalue weighted by Crippen LogP contribution is 2.36. The van der Waals surface area contributed by atoms with Gasteiger partial charge in [-0.3, -0.25) is 19.2 Å². The van der Waals surface area contributed by atoms with E-state index in [4.69, 9.17) is 14.6 Å². The number of methoxy groups -OCH3 is 2. The minimum atomic E-state index is -4.33. The minimum absolute atomic E-state index is 0.0506. The van der Waals surface area contributed by atoms with Crippen molar-refractivity contribution in [3.05, 3.63) is 52.6 Å². The summed E-state index contributed by atoms with van der Waals surface area (Å²) in [4.78, 5) is 21.0. The van der Waals surface area contributed by atoms with Crippen LogP contribution in [0.25, 0.3) is 0 Å². The highest BCUT2D eigenvalue weighted by Gasteiger charge is 2.29. The van der Waals surface area contributed by atoms with Gasteiger partial charge in [0.1, 0.15) is 11.5 Å². The van der Waals surface area contributed by atoms with Crippen LogP contribution in [0.1, 0.15) is 6.42 Å². The van der Waals surface area contributed by atoms with Crippen LogP contribution in [-0.4, -0.2) is 45.2 Å². The lowest BCUT2D eigenvalue weighted by Gasteiger charge is -2.26. The summed E-state index contributed by atoms with van der Waals surface area (Å²) >= 11 is 0. The zero-order chi connectivity index (χ0) is 20.9. The van der Waals surface area contributed by atoms with Crippen molar-refractivity contribution < 1.29 is 32.7 Å². The molecule has 0 unspecified atom stereocenters. The summed E-state index contributed by atoms with van der Waals surface area (Å²) in [6.07, 6.45) is -0.492. The topological polar surface area (TPSA) is 136 Å². The lowest BCUT2D eigenvalue weighted by atomic mass is 10.2. The summed E-state index contributed by atoms with van der Waals surface area (Å²) < 4.78 is 37.6. The third-order valence-electron chi connectivity index (χ3n) is 3.80. The second-order valence-electron chi connectivity index (χ2n) is 5.51. The lowest BCUT2D eigenvalue weighted by molar-refractivity contribution is -0.385. The van der Waals surface area contributed by atoms with E-state index in [1.165, 1.54) is 38.5 Å². The fraction of sp³-hybridized carbons (Fsp3) is 0.235. The summed E-state index contributed by atoms with van der Waals surface area (Å²) in [5, 5.41) is 20.0. The average molecular weight is 410 g/mol. The van der Waals surface area contributed by atoms with E-state index < -0.39 is 39.6 Å². The molecule has 0 radical (unpaired) electrons. The third kappa shape index (κ3) is 4.49. The molecule has 10 nitrogen and oxygen atoms in total. The molecule has 28 heavy (non-hydrogen) atoms. The maximum absolute atomic E-state index is 13.2. The molecule has 0 aromatic heterocycles. The number of rotatable bonds is 9. The van der Waals surface area contributed by atoms with Gasteiger partial charge in [-0.25, -0.2) is 8.42 Å². The fourth-order valence-electron chi connectivity index (χ4n) is 2.44. The Bertz CT molecular complexity index is 990. The number of hydrogen-bond acceptors (Lipinski definition) is 7. The fourth-order valence-corrected chi connectivity index (χ4v) is 3.95. The van der Waals surface area contributed by atoms with Gasteiger partial charge in [0.25, 0.3) is 15.7 Å². The molecule has 0 saturated carbocycles. The second kappa shape index (κ2) is 8.57. The number of benzene rings is 2. The summed E-state index contributed by atoms with van der Waals surface area (Å²) in [6.45, 7) is -0.413. The Kier molecular flexibility index (Phi) is 6.41. The molecule has 2 aromatic rings. The van der Waals surface area contributed by atoms with E-state index in [9.17, 15) is 23.3 Å². The van der Waals surface area contributed by atoms with Crippen LogP contribution in [0.15, 0.2) is 47.4 Å². The normalized spacial score (nSPS) is 10.9. The molecule has 0 heterocycles. The Labute approximate surface area is 161 Å². The molecule has 11 heteroatoms. The van der Waals surface area contributed by atoms with Gasteiger partial charge in [-0.1, -0.05) is 6.07 Å². The smallest absolute Gasteiger partial charge is 0.305 e. The number of anilines is 1. The number of nitrogens with zero attached hydrogens (tertiary/aromatic N) is 2. The number of hydrogen-bond donors (Lipinski definition) is 1. The Hall–Kier alpha value is -3.34. The highest BCUT2D eigenvalue weighted by atomic mass is 32.2. The van der Waals surface area contributed by atoms with Crippen LogP contribution in [0, 0.1) is 10.1 Å². The van der Waals surface area contributed by atoms with Gasteiger partial charge in [0.15, 0.2) is 0 Å². The number of sulfonamides is 1. The molecular weight excluding hydrogens is 392 g/mol. The van der Waals surface area contributed by atoms with Crippen molar-refractivity contribution in [2.75, 3.05) is 25.1 Å². The molecule has 1 N–H and O–H groups in total. The zero-order valence-corrected chi connectivity index (χ0v) is 15.9. The average Bonchev–Trinajstić information content (AvgIpc) is 2.67. The van der Waals surface area contributed by atoms with Gasteiger partial charge in [-0.05, 0) is 18.2 Å². The van der Waals surface area contributed by atoms with Crippen LogP contribution >= 0.6 is 0 Å². The number of ether oxygens (including phenoxy) is 2. The Balaban J connectivity index is 2.64. The van der Waals surface area contributed by atoms with E-state index in [0.717, 1.165) is 16.4 Å². The van der Waals surface area contributed by atoms with Crippen LogP contribution in [0.3, 0.4) is 0 Å². The predicted molar refractivity (Wildman–Crippen MR) is 99.4 cm³/mol. The van der Waals surface area contributed by atoms with Crippen LogP contribution in [-0.2, 0) is 14.8 Å². The van der Waals surface area contributed by atoms with Crippen LogP contribution in [0.4, 0.5) is 11.4 Å². The van der Waals surface area contributed by atoms with Gasteiger partial charge in [0, 0.05) is 24.7 Å². The first kappa shape index (κ1) is 21.0. The Morgan fingerprint density at radius 2 is 1.89 bits per heavy atom. The maximum Gasteiger partial charge on any atom is 0.305 e. The quantitative estimate of drug-likeness (QED) is 0.491. The molecule has 0 aliphatic rings. The molecule has 2 rings (SSSR count). The van der Waals surface area contributed by atoms with Crippen molar-refractivity contribution in [3.63, 3.8) is 0 Å². The molecule has 150 valence electrons. The molecule has 0 fully saturated rings. The van der Waals surface area contributed by atoms with Gasteiger partial charge in [0.05, 0.1) is 36.1 Å². The van der Waals surface area contributed by atoms with Gasteiger partial charge in [0.2, 0.25) is 0 Å². The minimum Gasteiger partial charge on any atom is -0.497 e. The molecule has 0 aliphatic carbocycles. The van der Waals surface area contributed by atoms with E-state index in [-0.39, 0.29) is 16.3 Å². The molecule has 2 aromatic carbocycles. The number of carboxylic acids is 1. The molecule has 0 spiro atoms.